The third-order valence-electron chi connectivity index (χ3n) is 5.23. The van der Waals surface area contributed by atoms with Crippen LogP contribution in [0.5, 0.6) is 0 Å². The zero-order valence-electron chi connectivity index (χ0n) is 14.8. The van der Waals surface area contributed by atoms with Gasteiger partial charge in [-0.15, -0.1) is 0 Å². The number of furan rings is 1. The van der Waals surface area contributed by atoms with Crippen molar-refractivity contribution < 1.29 is 13.9 Å². The minimum atomic E-state index is -0.0389. The molecule has 2 aliphatic heterocycles. The summed E-state index contributed by atoms with van der Waals surface area (Å²) in [6.45, 7) is 5.37. The highest BCUT2D eigenvalue weighted by molar-refractivity contribution is 5.92. The summed E-state index contributed by atoms with van der Waals surface area (Å²) in [6, 6.07) is 7.76. The molecule has 0 radical (unpaired) electrons. The SMILES string of the molecule is Cc1ccc(CN2C[C@H]3C[C@H](CNC(=O)c4cccn4C)O[C@H]3C2)o1. The summed E-state index contributed by atoms with van der Waals surface area (Å²) in [5.41, 5.74) is 0.679. The topological polar surface area (TPSA) is 59.6 Å². The molecule has 0 unspecified atom stereocenters. The van der Waals surface area contributed by atoms with Gasteiger partial charge in [-0.05, 0) is 37.6 Å². The van der Waals surface area contributed by atoms with Crippen molar-refractivity contribution >= 4 is 5.91 Å². The predicted octanol–water partition coefficient (Wildman–Crippen LogP) is 1.95. The Morgan fingerprint density at radius 3 is 2.88 bits per heavy atom. The molecule has 1 amide bonds. The van der Waals surface area contributed by atoms with Gasteiger partial charge in [0.2, 0.25) is 0 Å². The fourth-order valence-electron chi connectivity index (χ4n) is 3.99. The zero-order chi connectivity index (χ0) is 17.4. The molecule has 0 spiro atoms. The van der Waals surface area contributed by atoms with Crippen LogP contribution in [0, 0.1) is 12.8 Å². The highest BCUT2D eigenvalue weighted by Crippen LogP contribution is 2.33. The first-order chi connectivity index (χ1) is 12.1. The van der Waals surface area contributed by atoms with E-state index in [0.717, 1.165) is 37.6 Å². The molecule has 0 saturated carbocycles. The van der Waals surface area contributed by atoms with Gasteiger partial charge in [-0.2, -0.15) is 0 Å². The Kier molecular flexibility index (Phi) is 4.39. The van der Waals surface area contributed by atoms with E-state index < -0.39 is 0 Å². The number of ether oxygens (including phenoxy) is 1. The second-order valence-corrected chi connectivity index (χ2v) is 7.21. The van der Waals surface area contributed by atoms with E-state index in [1.807, 2.05) is 49.0 Å². The van der Waals surface area contributed by atoms with Gasteiger partial charge in [0.15, 0.2) is 0 Å². The molecule has 25 heavy (non-hydrogen) atoms. The number of hydrogen-bond acceptors (Lipinski definition) is 4. The van der Waals surface area contributed by atoms with E-state index in [-0.39, 0.29) is 18.1 Å². The third-order valence-corrected chi connectivity index (χ3v) is 5.23. The summed E-state index contributed by atoms with van der Waals surface area (Å²) in [7, 11) is 1.88. The van der Waals surface area contributed by atoms with Crippen LogP contribution in [0.25, 0.3) is 0 Å². The quantitative estimate of drug-likeness (QED) is 0.901. The highest BCUT2D eigenvalue weighted by atomic mass is 16.5. The van der Waals surface area contributed by atoms with E-state index in [1.165, 1.54) is 0 Å². The van der Waals surface area contributed by atoms with Gasteiger partial charge in [-0.3, -0.25) is 9.69 Å². The van der Waals surface area contributed by atoms with Gasteiger partial charge in [0, 0.05) is 38.8 Å². The summed E-state index contributed by atoms with van der Waals surface area (Å²) in [5.74, 6) is 2.49. The number of hydrogen-bond donors (Lipinski definition) is 1. The van der Waals surface area contributed by atoms with Crippen molar-refractivity contribution in [2.45, 2.75) is 32.1 Å². The largest absolute Gasteiger partial charge is 0.465 e. The van der Waals surface area contributed by atoms with Gasteiger partial charge >= 0.3 is 0 Å². The number of carbonyl (C=O) groups excluding carboxylic acids is 1. The minimum absolute atomic E-state index is 0.0389. The van der Waals surface area contributed by atoms with Crippen molar-refractivity contribution in [2.75, 3.05) is 19.6 Å². The number of aromatic nitrogens is 1. The Balaban J connectivity index is 1.24. The van der Waals surface area contributed by atoms with E-state index in [4.69, 9.17) is 9.15 Å². The van der Waals surface area contributed by atoms with Gasteiger partial charge in [0.05, 0.1) is 18.8 Å². The van der Waals surface area contributed by atoms with Crippen LogP contribution < -0.4 is 5.32 Å². The molecule has 2 aromatic rings. The molecule has 2 aromatic heterocycles. The molecule has 2 fully saturated rings. The number of likely N-dealkylation sites (tertiary alicyclic amines) is 1. The molecule has 4 heterocycles. The Morgan fingerprint density at radius 1 is 1.32 bits per heavy atom. The van der Waals surface area contributed by atoms with Gasteiger partial charge in [-0.1, -0.05) is 0 Å². The van der Waals surface area contributed by atoms with Gasteiger partial charge < -0.3 is 19.0 Å². The first-order valence-corrected chi connectivity index (χ1v) is 8.91. The molecule has 1 N–H and O–H groups in total. The summed E-state index contributed by atoms with van der Waals surface area (Å²) in [4.78, 5) is 14.6. The molecule has 6 nitrogen and oxygen atoms in total. The van der Waals surface area contributed by atoms with Crippen molar-refractivity contribution in [3.8, 4) is 0 Å². The fourth-order valence-corrected chi connectivity index (χ4v) is 3.99. The molecule has 0 aromatic carbocycles. The first-order valence-electron chi connectivity index (χ1n) is 8.91. The van der Waals surface area contributed by atoms with E-state index >= 15 is 0 Å². The van der Waals surface area contributed by atoms with Crippen LogP contribution in [0.2, 0.25) is 0 Å². The Labute approximate surface area is 147 Å². The van der Waals surface area contributed by atoms with Gasteiger partial charge in [0.1, 0.15) is 17.2 Å². The maximum absolute atomic E-state index is 12.2. The lowest BCUT2D eigenvalue weighted by atomic mass is 10.0. The van der Waals surface area contributed by atoms with Crippen LogP contribution in [-0.4, -0.2) is 47.2 Å². The van der Waals surface area contributed by atoms with Crippen LogP contribution in [0.4, 0.5) is 0 Å². The van der Waals surface area contributed by atoms with Crippen molar-refractivity contribution in [2.24, 2.45) is 13.0 Å². The molecule has 134 valence electrons. The monoisotopic (exact) mass is 343 g/mol. The summed E-state index contributed by atoms with van der Waals surface area (Å²) < 4.78 is 13.7. The molecule has 4 rings (SSSR count). The number of carbonyl (C=O) groups is 1. The first kappa shape index (κ1) is 16.4. The lowest BCUT2D eigenvalue weighted by molar-refractivity contribution is 0.0366. The van der Waals surface area contributed by atoms with Gasteiger partial charge in [0.25, 0.3) is 5.91 Å². The Bertz CT molecular complexity index is 737. The van der Waals surface area contributed by atoms with Crippen molar-refractivity contribution in [3.63, 3.8) is 0 Å². The fraction of sp³-hybridized carbons (Fsp3) is 0.526. The average Bonchev–Trinajstić information content (AvgIpc) is 3.30. The lowest BCUT2D eigenvalue weighted by Gasteiger charge is -2.18. The van der Waals surface area contributed by atoms with Crippen LogP contribution in [0.1, 0.15) is 28.4 Å². The van der Waals surface area contributed by atoms with E-state index in [9.17, 15) is 4.79 Å². The number of aryl methyl sites for hydroxylation is 2. The van der Waals surface area contributed by atoms with Crippen molar-refractivity contribution in [3.05, 3.63) is 47.7 Å². The predicted molar refractivity (Wildman–Crippen MR) is 93.2 cm³/mol. The zero-order valence-corrected chi connectivity index (χ0v) is 14.8. The standard InChI is InChI=1S/C19H25N3O3/c1-13-5-6-15(24-13)11-22-10-14-8-16(25-18(14)12-22)9-20-19(23)17-4-3-7-21(17)2/h3-7,14,16,18H,8-12H2,1-2H3,(H,20,23)/t14-,16-,18+/m1/s1. The van der Waals surface area contributed by atoms with Gasteiger partial charge in [-0.25, -0.2) is 0 Å². The number of nitrogens with one attached hydrogen (secondary N) is 1. The minimum Gasteiger partial charge on any atom is -0.465 e. The number of rotatable bonds is 5. The average molecular weight is 343 g/mol. The van der Waals surface area contributed by atoms with E-state index in [2.05, 4.69) is 10.2 Å². The van der Waals surface area contributed by atoms with Crippen LogP contribution in [-0.2, 0) is 18.3 Å². The number of amides is 1. The number of fused-ring (bicyclic) bond motifs is 1. The maximum Gasteiger partial charge on any atom is 0.267 e. The second-order valence-electron chi connectivity index (χ2n) is 7.21. The molecule has 2 aliphatic rings. The molecule has 2 saturated heterocycles. The van der Waals surface area contributed by atoms with Crippen molar-refractivity contribution in [1.29, 1.82) is 0 Å². The molecule has 3 atom stereocenters. The smallest absolute Gasteiger partial charge is 0.267 e. The Morgan fingerprint density at radius 2 is 2.20 bits per heavy atom. The van der Waals surface area contributed by atoms with E-state index in [0.29, 0.717) is 18.2 Å². The molecule has 6 heteroatoms. The maximum atomic E-state index is 12.2. The summed E-state index contributed by atoms with van der Waals surface area (Å²) >= 11 is 0. The van der Waals surface area contributed by atoms with Crippen LogP contribution in [0.3, 0.4) is 0 Å². The number of nitrogens with zero attached hydrogens (tertiary/aromatic N) is 2. The second kappa shape index (κ2) is 6.69. The molecule has 0 bridgehead atoms. The van der Waals surface area contributed by atoms with Crippen LogP contribution in [0.15, 0.2) is 34.9 Å². The van der Waals surface area contributed by atoms with Crippen molar-refractivity contribution in [1.82, 2.24) is 14.8 Å². The highest BCUT2D eigenvalue weighted by Gasteiger charge is 2.42. The Hall–Kier alpha value is -2.05. The van der Waals surface area contributed by atoms with E-state index in [1.54, 1.807) is 0 Å². The normalized spacial score (nSPS) is 26.1. The van der Waals surface area contributed by atoms with Crippen LogP contribution >= 0.6 is 0 Å². The lowest BCUT2D eigenvalue weighted by Crippen LogP contribution is -2.34. The third kappa shape index (κ3) is 3.50. The molecular weight excluding hydrogens is 318 g/mol. The molecule has 0 aliphatic carbocycles. The molecular formula is C19H25N3O3. The summed E-state index contributed by atoms with van der Waals surface area (Å²) in [6.07, 6.45) is 3.27. The summed E-state index contributed by atoms with van der Waals surface area (Å²) in [5, 5.41) is 3.00.